The molecule has 1 amide bonds. The highest BCUT2D eigenvalue weighted by Crippen LogP contribution is 2.13. The Morgan fingerprint density at radius 3 is 2.47 bits per heavy atom. The zero-order valence-electron chi connectivity index (χ0n) is 10.0. The summed E-state index contributed by atoms with van der Waals surface area (Å²) in [6.45, 7) is 4.20. The lowest BCUT2D eigenvalue weighted by atomic mass is 10.2. The minimum Gasteiger partial charge on any atom is -0.325 e. The summed E-state index contributed by atoms with van der Waals surface area (Å²) in [5.74, 6) is 0.0872. The zero-order valence-corrected chi connectivity index (χ0v) is 10.8. The molecule has 0 spiro atoms. The molecule has 0 saturated carbocycles. The first-order chi connectivity index (χ1) is 8.16. The largest absolute Gasteiger partial charge is 0.325 e. The van der Waals surface area contributed by atoms with Crippen LogP contribution in [0.3, 0.4) is 0 Å². The molecule has 0 bridgehead atoms. The van der Waals surface area contributed by atoms with E-state index in [1.165, 1.54) is 17.7 Å². The molecule has 0 radical (unpaired) electrons. The predicted molar refractivity (Wildman–Crippen MR) is 69.5 cm³/mol. The molecule has 1 aromatic rings. The van der Waals surface area contributed by atoms with E-state index in [0.29, 0.717) is 5.02 Å². The second-order valence-corrected chi connectivity index (χ2v) is 5.02. The predicted octanol–water partition coefficient (Wildman–Crippen LogP) is 1.35. The van der Waals surface area contributed by atoms with Gasteiger partial charge in [0.05, 0.1) is 13.1 Å². The first-order valence-corrected chi connectivity index (χ1v) is 6.45. The molecule has 92 valence electrons. The van der Waals surface area contributed by atoms with Gasteiger partial charge in [-0.05, 0) is 31.2 Å². The van der Waals surface area contributed by atoms with Crippen LogP contribution in [-0.2, 0) is 4.79 Å². The molecule has 1 aliphatic rings. The van der Waals surface area contributed by atoms with Crippen LogP contribution in [0.15, 0.2) is 24.3 Å². The van der Waals surface area contributed by atoms with Gasteiger partial charge in [0.1, 0.15) is 0 Å². The number of amides is 1. The number of nitrogens with one attached hydrogen (secondary N) is 2. The summed E-state index contributed by atoms with van der Waals surface area (Å²) < 4.78 is 0. The first-order valence-electron chi connectivity index (χ1n) is 6.08. The Hall–Kier alpha value is -1.06. The van der Waals surface area contributed by atoms with Crippen molar-refractivity contribution < 1.29 is 9.69 Å². The second-order valence-electron chi connectivity index (χ2n) is 4.58. The maximum Gasteiger partial charge on any atom is 0.282 e. The van der Waals surface area contributed by atoms with Crippen molar-refractivity contribution >= 4 is 23.2 Å². The van der Waals surface area contributed by atoms with Crippen LogP contribution >= 0.6 is 11.6 Å². The molecular weight excluding hydrogens is 236 g/mol. The van der Waals surface area contributed by atoms with Crippen LogP contribution in [-0.4, -0.2) is 25.0 Å². The fourth-order valence-corrected chi connectivity index (χ4v) is 2.36. The van der Waals surface area contributed by atoms with E-state index in [1.54, 1.807) is 12.1 Å². The average Bonchev–Trinajstić information content (AvgIpc) is 2.84. The summed E-state index contributed by atoms with van der Waals surface area (Å²) in [4.78, 5) is 13.4. The number of quaternary nitrogens is 1. The molecular formula is C13H18ClN2O+. The Morgan fingerprint density at radius 1 is 1.29 bits per heavy atom. The molecule has 0 aromatic heterocycles. The maximum atomic E-state index is 12.0. The number of hydrogen-bond acceptors (Lipinski definition) is 1. The fourth-order valence-electron chi connectivity index (χ4n) is 2.23. The van der Waals surface area contributed by atoms with Crippen molar-refractivity contribution in [2.45, 2.75) is 25.8 Å². The van der Waals surface area contributed by atoms with Gasteiger partial charge in [-0.3, -0.25) is 4.79 Å². The zero-order chi connectivity index (χ0) is 12.3. The summed E-state index contributed by atoms with van der Waals surface area (Å²) in [5.41, 5.74) is 0.810. The molecule has 2 rings (SSSR count). The van der Waals surface area contributed by atoms with Crippen molar-refractivity contribution in [2.75, 3.05) is 18.4 Å². The standard InChI is InChI=1S/C13H17ClN2O/c1-10(16-8-2-3-9-16)13(17)15-12-6-4-11(14)5-7-12/h4-7,10H,2-3,8-9H2,1H3,(H,15,17)/p+1/t10-/m0/s1. The van der Waals surface area contributed by atoms with E-state index in [-0.39, 0.29) is 11.9 Å². The third kappa shape index (κ3) is 3.20. The quantitative estimate of drug-likeness (QED) is 0.838. The van der Waals surface area contributed by atoms with E-state index in [9.17, 15) is 4.79 Å². The van der Waals surface area contributed by atoms with Gasteiger partial charge in [-0.25, -0.2) is 0 Å². The molecule has 1 atom stereocenters. The molecule has 1 heterocycles. The van der Waals surface area contributed by atoms with Crippen LogP contribution in [0.2, 0.25) is 5.02 Å². The Labute approximate surface area is 107 Å². The normalized spacial score (nSPS) is 18.0. The number of likely N-dealkylation sites (tertiary alicyclic amines) is 1. The number of carbonyl (C=O) groups is 1. The number of hydrogen-bond donors (Lipinski definition) is 2. The smallest absolute Gasteiger partial charge is 0.282 e. The van der Waals surface area contributed by atoms with E-state index < -0.39 is 0 Å². The molecule has 17 heavy (non-hydrogen) atoms. The Kier molecular flexibility index (Phi) is 4.02. The summed E-state index contributed by atoms with van der Waals surface area (Å²) in [6.07, 6.45) is 2.46. The summed E-state index contributed by atoms with van der Waals surface area (Å²) in [7, 11) is 0. The minimum absolute atomic E-state index is 0.0215. The molecule has 4 heteroatoms. The highest BCUT2D eigenvalue weighted by molar-refractivity contribution is 6.30. The maximum absolute atomic E-state index is 12.0. The van der Waals surface area contributed by atoms with E-state index in [2.05, 4.69) is 5.32 Å². The van der Waals surface area contributed by atoms with Crippen LogP contribution in [0, 0.1) is 0 Å². The first kappa shape index (κ1) is 12.4. The molecule has 0 aliphatic carbocycles. The molecule has 1 fully saturated rings. The highest BCUT2D eigenvalue weighted by Gasteiger charge is 2.27. The third-order valence-corrected chi connectivity index (χ3v) is 3.62. The lowest BCUT2D eigenvalue weighted by Crippen LogP contribution is -3.14. The van der Waals surface area contributed by atoms with Crippen LogP contribution in [0.4, 0.5) is 5.69 Å². The number of rotatable bonds is 3. The van der Waals surface area contributed by atoms with Gasteiger partial charge < -0.3 is 10.2 Å². The lowest BCUT2D eigenvalue weighted by Gasteiger charge is -2.19. The van der Waals surface area contributed by atoms with Crippen molar-refractivity contribution in [1.82, 2.24) is 0 Å². The van der Waals surface area contributed by atoms with Crippen LogP contribution < -0.4 is 10.2 Å². The number of halogens is 1. The summed E-state index contributed by atoms with van der Waals surface area (Å²) in [6, 6.07) is 7.24. The molecule has 1 aliphatic heterocycles. The summed E-state index contributed by atoms with van der Waals surface area (Å²) in [5, 5.41) is 3.61. The Balaban J connectivity index is 1.93. The van der Waals surface area contributed by atoms with Crippen molar-refractivity contribution in [3.8, 4) is 0 Å². The van der Waals surface area contributed by atoms with Gasteiger partial charge in [-0.1, -0.05) is 11.6 Å². The Bertz CT molecular complexity index is 385. The number of benzene rings is 1. The third-order valence-electron chi connectivity index (χ3n) is 3.36. The highest BCUT2D eigenvalue weighted by atomic mass is 35.5. The van der Waals surface area contributed by atoms with Gasteiger partial charge in [-0.2, -0.15) is 0 Å². The van der Waals surface area contributed by atoms with Crippen molar-refractivity contribution in [3.05, 3.63) is 29.3 Å². The average molecular weight is 254 g/mol. The number of carbonyl (C=O) groups excluding carboxylic acids is 1. The van der Waals surface area contributed by atoms with Gasteiger partial charge >= 0.3 is 0 Å². The van der Waals surface area contributed by atoms with Crippen molar-refractivity contribution in [3.63, 3.8) is 0 Å². The minimum atomic E-state index is 0.0215. The molecule has 0 unspecified atom stereocenters. The van der Waals surface area contributed by atoms with Gasteiger partial charge in [0.25, 0.3) is 5.91 Å². The molecule has 1 saturated heterocycles. The summed E-state index contributed by atoms with van der Waals surface area (Å²) >= 11 is 5.80. The molecule has 1 aromatic carbocycles. The van der Waals surface area contributed by atoms with Crippen molar-refractivity contribution in [1.29, 1.82) is 0 Å². The van der Waals surface area contributed by atoms with E-state index in [1.807, 2.05) is 19.1 Å². The lowest BCUT2D eigenvalue weighted by molar-refractivity contribution is -0.901. The van der Waals surface area contributed by atoms with Gasteiger partial charge in [0.2, 0.25) is 0 Å². The van der Waals surface area contributed by atoms with Crippen LogP contribution in [0.25, 0.3) is 0 Å². The van der Waals surface area contributed by atoms with Crippen molar-refractivity contribution in [2.24, 2.45) is 0 Å². The van der Waals surface area contributed by atoms with Gasteiger partial charge in [-0.15, -0.1) is 0 Å². The van der Waals surface area contributed by atoms with Crippen LogP contribution in [0.5, 0.6) is 0 Å². The van der Waals surface area contributed by atoms with E-state index >= 15 is 0 Å². The van der Waals surface area contributed by atoms with Crippen LogP contribution in [0.1, 0.15) is 19.8 Å². The van der Waals surface area contributed by atoms with Gasteiger partial charge in [0.15, 0.2) is 6.04 Å². The fraction of sp³-hybridized carbons (Fsp3) is 0.462. The topological polar surface area (TPSA) is 33.5 Å². The van der Waals surface area contributed by atoms with E-state index in [0.717, 1.165) is 18.8 Å². The monoisotopic (exact) mass is 253 g/mol. The van der Waals surface area contributed by atoms with Gasteiger partial charge in [0, 0.05) is 23.6 Å². The Morgan fingerprint density at radius 2 is 1.88 bits per heavy atom. The second kappa shape index (κ2) is 5.52. The molecule has 2 N–H and O–H groups in total. The number of anilines is 1. The molecule has 3 nitrogen and oxygen atoms in total. The SMILES string of the molecule is C[C@@H](C(=O)Nc1ccc(Cl)cc1)[NH+]1CCCC1. The van der Waals surface area contributed by atoms with E-state index in [4.69, 9.17) is 11.6 Å².